The molecule has 0 bridgehead atoms. The summed E-state index contributed by atoms with van der Waals surface area (Å²) in [5, 5.41) is 10.3. The summed E-state index contributed by atoms with van der Waals surface area (Å²) >= 11 is 0. The topological polar surface area (TPSA) is 217 Å². The van der Waals surface area contributed by atoms with Crippen LogP contribution in [0.3, 0.4) is 0 Å². The average molecular weight is 503 g/mol. The number of urea groups is 1. The number of amides is 2. The van der Waals surface area contributed by atoms with Crippen molar-refractivity contribution in [3.05, 3.63) is 0 Å². The van der Waals surface area contributed by atoms with E-state index >= 15 is 0 Å². The van der Waals surface area contributed by atoms with Crippen molar-refractivity contribution in [1.82, 2.24) is 0 Å². The van der Waals surface area contributed by atoms with Crippen LogP contribution in [0.1, 0.15) is 41.0 Å². The molecule has 0 aromatic heterocycles. The summed E-state index contributed by atoms with van der Waals surface area (Å²) in [4.78, 5) is 48.5. The van der Waals surface area contributed by atoms with E-state index in [-0.39, 0.29) is 5.84 Å². The first-order chi connectivity index (χ1) is 14.6. The van der Waals surface area contributed by atoms with Gasteiger partial charge in [-0.15, -0.1) is 0 Å². The standard InChI is InChI=1S/C16H31N3O11P2/c1-10(2)28-31(23,24)27-9-13(21)14(30-32(25,26)29-11(3)4)6-7-18-16(22)19-15(17)12(5)8-20/h7-8,10-14,21H,6,9H2,1-5H3,(H,23,24)(H,25,26)(H2,17,19,22)/t12?,13-,14-/m1/s1. The highest BCUT2D eigenvalue weighted by atomic mass is 31.2. The van der Waals surface area contributed by atoms with E-state index in [1.165, 1.54) is 34.6 Å². The molecule has 14 nitrogen and oxygen atoms in total. The van der Waals surface area contributed by atoms with Crippen LogP contribution in [0.4, 0.5) is 4.79 Å². The fourth-order valence-electron chi connectivity index (χ4n) is 1.85. The van der Waals surface area contributed by atoms with Crippen LogP contribution in [-0.4, -0.2) is 70.3 Å². The van der Waals surface area contributed by atoms with Crippen molar-refractivity contribution in [2.45, 2.75) is 65.5 Å². The molecule has 5 N–H and O–H groups in total. The summed E-state index contributed by atoms with van der Waals surface area (Å²) in [6.45, 7) is 6.50. The SMILES string of the molecule is CC(C)OP(=O)(O)OC[C@@H](O)[C@@H](CC=NC(=O)N=C(N)C(C)C=O)OP(=O)(O)OC(C)C. The van der Waals surface area contributed by atoms with E-state index in [9.17, 15) is 33.6 Å². The molecule has 3 unspecified atom stereocenters. The molecule has 0 radical (unpaired) electrons. The summed E-state index contributed by atoms with van der Waals surface area (Å²) in [6, 6.07) is -1.07. The molecule has 0 aliphatic carbocycles. The second-order valence-corrected chi connectivity index (χ2v) is 9.81. The minimum absolute atomic E-state index is 0.266. The first-order valence-corrected chi connectivity index (χ1v) is 12.5. The third kappa shape index (κ3) is 13.9. The largest absolute Gasteiger partial charge is 0.472 e. The van der Waals surface area contributed by atoms with Crippen molar-refractivity contribution in [2.75, 3.05) is 6.61 Å². The molecule has 0 spiro atoms. The van der Waals surface area contributed by atoms with Crippen LogP contribution in [0.5, 0.6) is 0 Å². The molecule has 0 rings (SSSR count). The highest BCUT2D eigenvalue weighted by Crippen LogP contribution is 2.48. The molecule has 0 saturated carbocycles. The third-order valence-electron chi connectivity index (χ3n) is 3.23. The molecule has 0 fully saturated rings. The lowest BCUT2D eigenvalue weighted by Crippen LogP contribution is -2.33. The van der Waals surface area contributed by atoms with Gasteiger partial charge in [-0.05, 0) is 34.6 Å². The van der Waals surface area contributed by atoms with Gasteiger partial charge in [0.1, 0.15) is 24.3 Å². The van der Waals surface area contributed by atoms with Crippen molar-refractivity contribution < 1.29 is 51.7 Å². The van der Waals surface area contributed by atoms with E-state index in [0.717, 1.165) is 6.21 Å². The lowest BCUT2D eigenvalue weighted by atomic mass is 10.1. The zero-order chi connectivity index (χ0) is 25.1. The Hall–Kier alpha value is -1.34. The van der Waals surface area contributed by atoms with Gasteiger partial charge in [-0.25, -0.2) is 18.9 Å². The number of nitrogens with two attached hydrogens (primary N) is 1. The van der Waals surface area contributed by atoms with E-state index in [4.69, 9.17) is 14.8 Å². The lowest BCUT2D eigenvalue weighted by molar-refractivity contribution is -0.109. The number of aldehydes is 1. The van der Waals surface area contributed by atoms with E-state index < -0.39 is 65.0 Å². The van der Waals surface area contributed by atoms with Crippen LogP contribution in [-0.2, 0) is 32.0 Å². The summed E-state index contributed by atoms with van der Waals surface area (Å²) in [6.07, 6.45) is -3.67. The average Bonchev–Trinajstić information content (AvgIpc) is 2.62. The number of aliphatic imine (C=N–C) groups is 2. The minimum atomic E-state index is -4.66. The van der Waals surface area contributed by atoms with E-state index in [1.54, 1.807) is 0 Å². The number of aliphatic hydroxyl groups excluding tert-OH is 1. The molecule has 16 heteroatoms. The molecule has 186 valence electrons. The van der Waals surface area contributed by atoms with Crippen molar-refractivity contribution >= 4 is 40.0 Å². The number of aliphatic hydroxyl groups is 1. The van der Waals surface area contributed by atoms with E-state index in [2.05, 4.69) is 19.0 Å². The number of rotatable bonds is 14. The smallest absolute Gasteiger partial charge is 0.388 e. The maximum Gasteiger partial charge on any atom is 0.472 e. The Labute approximate surface area is 186 Å². The Kier molecular flexibility index (Phi) is 13.4. The third-order valence-corrected chi connectivity index (χ3v) is 5.62. The first-order valence-electron chi connectivity index (χ1n) is 9.47. The molecule has 0 aliphatic heterocycles. The number of nitrogens with zero attached hydrogens (tertiary/aromatic N) is 2. The molecule has 5 atom stereocenters. The maximum absolute atomic E-state index is 12.1. The Morgan fingerprint density at radius 2 is 1.56 bits per heavy atom. The van der Waals surface area contributed by atoms with Gasteiger partial charge in [-0.1, -0.05) is 0 Å². The number of phosphoric ester groups is 2. The quantitative estimate of drug-likeness (QED) is 0.115. The van der Waals surface area contributed by atoms with Gasteiger partial charge >= 0.3 is 21.7 Å². The Morgan fingerprint density at radius 3 is 2.06 bits per heavy atom. The van der Waals surface area contributed by atoms with Crippen LogP contribution in [0.15, 0.2) is 9.98 Å². The maximum atomic E-state index is 12.1. The number of amidine groups is 1. The number of carbonyl (C=O) groups excluding carboxylic acids is 2. The van der Waals surface area contributed by atoms with Crippen LogP contribution < -0.4 is 5.73 Å². The predicted molar refractivity (Wildman–Crippen MR) is 114 cm³/mol. The summed E-state index contributed by atoms with van der Waals surface area (Å²) in [5.41, 5.74) is 5.45. The summed E-state index contributed by atoms with van der Waals surface area (Å²) < 4.78 is 42.9. The fraction of sp³-hybridized carbons (Fsp3) is 0.750. The number of phosphoric acid groups is 2. The van der Waals surface area contributed by atoms with Crippen molar-refractivity contribution in [1.29, 1.82) is 0 Å². The number of carbonyl (C=O) groups is 2. The zero-order valence-electron chi connectivity index (χ0n) is 18.4. The van der Waals surface area contributed by atoms with E-state index in [1.807, 2.05) is 0 Å². The first kappa shape index (κ1) is 30.7. The van der Waals surface area contributed by atoms with Gasteiger partial charge < -0.3 is 25.4 Å². The number of hydrogen-bond donors (Lipinski definition) is 4. The van der Waals surface area contributed by atoms with Gasteiger partial charge in [-0.2, -0.15) is 4.99 Å². The highest BCUT2D eigenvalue weighted by Gasteiger charge is 2.33. The Bertz CT molecular complexity index is 772. The van der Waals surface area contributed by atoms with Gasteiger partial charge in [0.25, 0.3) is 0 Å². The predicted octanol–water partition coefficient (Wildman–Crippen LogP) is 1.57. The molecule has 0 aromatic carbocycles. The van der Waals surface area contributed by atoms with Crippen LogP contribution in [0.25, 0.3) is 0 Å². The van der Waals surface area contributed by atoms with Crippen molar-refractivity contribution in [3.8, 4) is 0 Å². The lowest BCUT2D eigenvalue weighted by Gasteiger charge is -2.25. The molecule has 2 amide bonds. The van der Waals surface area contributed by atoms with Crippen LogP contribution >= 0.6 is 15.6 Å². The van der Waals surface area contributed by atoms with Gasteiger partial charge in [0, 0.05) is 12.6 Å². The molecule has 0 aromatic rings. The fourth-order valence-corrected chi connectivity index (χ4v) is 3.94. The van der Waals surface area contributed by atoms with Gasteiger partial charge in [-0.3, -0.25) is 18.1 Å². The molecule has 0 saturated heterocycles. The molecule has 0 heterocycles. The second kappa shape index (κ2) is 14.0. The summed E-state index contributed by atoms with van der Waals surface area (Å²) in [7, 11) is -9.17. The van der Waals surface area contributed by atoms with Crippen LogP contribution in [0.2, 0.25) is 0 Å². The molecular weight excluding hydrogens is 472 g/mol. The van der Waals surface area contributed by atoms with Crippen molar-refractivity contribution in [2.24, 2.45) is 21.6 Å². The Balaban J connectivity index is 5.34. The monoisotopic (exact) mass is 503 g/mol. The minimum Gasteiger partial charge on any atom is -0.388 e. The molecule has 0 aliphatic rings. The van der Waals surface area contributed by atoms with Gasteiger partial charge in [0.2, 0.25) is 0 Å². The normalized spacial score (nSPS) is 19.5. The summed E-state index contributed by atoms with van der Waals surface area (Å²) in [5.74, 6) is -1.07. The highest BCUT2D eigenvalue weighted by molar-refractivity contribution is 7.47. The van der Waals surface area contributed by atoms with Gasteiger partial charge in [0.15, 0.2) is 0 Å². The van der Waals surface area contributed by atoms with Crippen molar-refractivity contribution in [3.63, 3.8) is 0 Å². The van der Waals surface area contributed by atoms with Gasteiger partial charge in [0.05, 0.1) is 24.7 Å². The molecule has 32 heavy (non-hydrogen) atoms. The van der Waals surface area contributed by atoms with E-state index in [0.29, 0.717) is 6.29 Å². The molecular formula is C16H31N3O11P2. The zero-order valence-corrected chi connectivity index (χ0v) is 20.2. The number of hydrogen-bond acceptors (Lipinski definition) is 9. The van der Waals surface area contributed by atoms with Crippen LogP contribution in [0, 0.1) is 5.92 Å². The Morgan fingerprint density at radius 1 is 1.03 bits per heavy atom. The second-order valence-electron chi connectivity index (χ2n) is 7.04.